The normalized spacial score (nSPS) is 20.9. The number of aryl methyl sites for hydroxylation is 2. The van der Waals surface area contributed by atoms with Gasteiger partial charge in [0.2, 0.25) is 5.91 Å². The average Bonchev–Trinajstić information content (AvgIpc) is 2.92. The molecule has 1 fully saturated rings. The summed E-state index contributed by atoms with van der Waals surface area (Å²) in [5, 5.41) is 4.09. The standard InChI is InChI=1S/C13H21N3OS.2ClH/c1-8-12(18-9(2)16-8)7-15-13(17)11-5-3-4-10(11)6-14;;/h10-11H,3-7,14H2,1-2H3,(H,15,17);2*1H/t10-,11-;;/m1../s1. The Kier molecular flexibility index (Phi) is 8.66. The maximum absolute atomic E-state index is 12.1. The zero-order valence-corrected chi connectivity index (χ0v) is 14.3. The third-order valence-electron chi connectivity index (χ3n) is 3.72. The molecule has 1 aliphatic rings. The average molecular weight is 340 g/mol. The predicted octanol–water partition coefficient (Wildman–Crippen LogP) is 2.59. The molecule has 4 nitrogen and oxygen atoms in total. The summed E-state index contributed by atoms with van der Waals surface area (Å²) >= 11 is 1.65. The third kappa shape index (κ3) is 4.58. The molecule has 1 saturated carbocycles. The van der Waals surface area contributed by atoms with Crippen LogP contribution in [0.1, 0.15) is 34.8 Å². The molecule has 3 N–H and O–H groups in total. The van der Waals surface area contributed by atoms with Gasteiger partial charge < -0.3 is 11.1 Å². The molecule has 116 valence electrons. The maximum Gasteiger partial charge on any atom is 0.223 e. The highest BCUT2D eigenvalue weighted by molar-refractivity contribution is 7.11. The van der Waals surface area contributed by atoms with Crippen molar-refractivity contribution >= 4 is 42.1 Å². The first-order valence-electron chi connectivity index (χ1n) is 6.52. The number of aromatic nitrogens is 1. The lowest BCUT2D eigenvalue weighted by atomic mass is 9.95. The minimum atomic E-state index is 0. The van der Waals surface area contributed by atoms with Crippen molar-refractivity contribution in [2.24, 2.45) is 17.6 Å². The van der Waals surface area contributed by atoms with E-state index in [9.17, 15) is 4.79 Å². The molecular weight excluding hydrogens is 317 g/mol. The number of amides is 1. The number of rotatable bonds is 4. The number of nitrogens with one attached hydrogen (secondary N) is 1. The maximum atomic E-state index is 12.1. The second-order valence-corrected chi connectivity index (χ2v) is 6.28. The second-order valence-electron chi connectivity index (χ2n) is 4.99. The van der Waals surface area contributed by atoms with Crippen molar-refractivity contribution in [1.29, 1.82) is 0 Å². The van der Waals surface area contributed by atoms with Crippen LogP contribution < -0.4 is 11.1 Å². The van der Waals surface area contributed by atoms with Gasteiger partial charge in [-0.2, -0.15) is 0 Å². The van der Waals surface area contributed by atoms with Crippen LogP contribution in [0.5, 0.6) is 0 Å². The topological polar surface area (TPSA) is 68.0 Å². The van der Waals surface area contributed by atoms with Crippen LogP contribution in [0.25, 0.3) is 0 Å². The van der Waals surface area contributed by atoms with Crippen molar-refractivity contribution in [2.75, 3.05) is 6.54 Å². The van der Waals surface area contributed by atoms with Crippen LogP contribution in [0.3, 0.4) is 0 Å². The third-order valence-corrected chi connectivity index (χ3v) is 4.79. The Morgan fingerprint density at radius 1 is 1.40 bits per heavy atom. The van der Waals surface area contributed by atoms with E-state index < -0.39 is 0 Å². The highest BCUT2D eigenvalue weighted by atomic mass is 35.5. The van der Waals surface area contributed by atoms with Gasteiger partial charge >= 0.3 is 0 Å². The summed E-state index contributed by atoms with van der Waals surface area (Å²) < 4.78 is 0. The van der Waals surface area contributed by atoms with Gasteiger partial charge in [-0.25, -0.2) is 4.98 Å². The number of carbonyl (C=O) groups is 1. The van der Waals surface area contributed by atoms with E-state index in [0.29, 0.717) is 19.0 Å². The lowest BCUT2D eigenvalue weighted by Crippen LogP contribution is -2.34. The summed E-state index contributed by atoms with van der Waals surface area (Å²) in [6.07, 6.45) is 3.19. The molecule has 1 aliphatic carbocycles. The smallest absolute Gasteiger partial charge is 0.223 e. The molecule has 0 spiro atoms. The second kappa shape index (κ2) is 8.82. The van der Waals surface area contributed by atoms with Gasteiger partial charge in [-0.15, -0.1) is 36.2 Å². The van der Waals surface area contributed by atoms with E-state index in [1.807, 2.05) is 13.8 Å². The van der Waals surface area contributed by atoms with Crippen LogP contribution in [0.2, 0.25) is 0 Å². The molecule has 2 rings (SSSR count). The highest BCUT2D eigenvalue weighted by Crippen LogP contribution is 2.31. The quantitative estimate of drug-likeness (QED) is 0.885. The van der Waals surface area contributed by atoms with E-state index in [1.165, 1.54) is 0 Å². The number of hydrogen-bond donors (Lipinski definition) is 2. The first-order valence-corrected chi connectivity index (χ1v) is 7.34. The largest absolute Gasteiger partial charge is 0.351 e. The molecule has 1 aromatic rings. The van der Waals surface area contributed by atoms with E-state index >= 15 is 0 Å². The summed E-state index contributed by atoms with van der Waals surface area (Å²) in [7, 11) is 0. The minimum absolute atomic E-state index is 0. The fourth-order valence-electron chi connectivity index (χ4n) is 2.70. The van der Waals surface area contributed by atoms with Crippen molar-refractivity contribution in [2.45, 2.75) is 39.7 Å². The fraction of sp³-hybridized carbons (Fsp3) is 0.692. The Labute approximate surface area is 136 Å². The first kappa shape index (κ1) is 19.6. The van der Waals surface area contributed by atoms with Crippen molar-refractivity contribution in [3.8, 4) is 0 Å². The van der Waals surface area contributed by atoms with Gasteiger partial charge in [0, 0.05) is 10.8 Å². The molecule has 1 aromatic heterocycles. The number of halogens is 2. The van der Waals surface area contributed by atoms with Gasteiger partial charge in [0.1, 0.15) is 0 Å². The SMILES string of the molecule is Cc1nc(C)c(CNC(=O)[C@@H]2CCC[C@@H]2CN)s1.Cl.Cl. The Balaban J connectivity index is 0.00000180. The van der Waals surface area contributed by atoms with Gasteiger partial charge in [-0.3, -0.25) is 4.79 Å². The zero-order valence-electron chi connectivity index (χ0n) is 11.8. The van der Waals surface area contributed by atoms with Crippen LogP contribution >= 0.6 is 36.2 Å². The minimum Gasteiger partial charge on any atom is -0.351 e. The monoisotopic (exact) mass is 339 g/mol. The molecule has 20 heavy (non-hydrogen) atoms. The molecule has 0 unspecified atom stereocenters. The summed E-state index contributed by atoms with van der Waals surface area (Å²) in [6.45, 7) is 5.20. The van der Waals surface area contributed by atoms with Crippen LogP contribution in [-0.4, -0.2) is 17.4 Å². The van der Waals surface area contributed by atoms with E-state index in [-0.39, 0.29) is 36.6 Å². The van der Waals surface area contributed by atoms with Crippen LogP contribution in [-0.2, 0) is 11.3 Å². The van der Waals surface area contributed by atoms with Gasteiger partial charge in [-0.05, 0) is 39.2 Å². The number of nitrogens with zero attached hydrogens (tertiary/aromatic N) is 1. The van der Waals surface area contributed by atoms with Gasteiger partial charge in [0.05, 0.1) is 17.2 Å². The van der Waals surface area contributed by atoms with E-state index in [1.54, 1.807) is 11.3 Å². The summed E-state index contributed by atoms with van der Waals surface area (Å²) in [5.41, 5.74) is 6.74. The summed E-state index contributed by atoms with van der Waals surface area (Å²) in [5.74, 6) is 0.645. The Hall–Kier alpha value is -0.360. The van der Waals surface area contributed by atoms with Crippen molar-refractivity contribution in [1.82, 2.24) is 10.3 Å². The molecule has 1 heterocycles. The van der Waals surface area contributed by atoms with Gasteiger partial charge in [0.15, 0.2) is 0 Å². The Bertz CT molecular complexity index is 439. The summed E-state index contributed by atoms with van der Waals surface area (Å²) in [6, 6.07) is 0. The lowest BCUT2D eigenvalue weighted by Gasteiger charge is -2.17. The molecule has 0 radical (unpaired) electrons. The van der Waals surface area contributed by atoms with Crippen LogP contribution in [0, 0.1) is 25.7 Å². The zero-order chi connectivity index (χ0) is 13.1. The molecule has 0 bridgehead atoms. The van der Waals surface area contributed by atoms with E-state index in [0.717, 1.165) is 34.8 Å². The van der Waals surface area contributed by atoms with Crippen molar-refractivity contribution in [3.05, 3.63) is 15.6 Å². The first-order chi connectivity index (χ1) is 8.61. The summed E-state index contributed by atoms with van der Waals surface area (Å²) in [4.78, 5) is 17.6. The van der Waals surface area contributed by atoms with Gasteiger partial charge in [-0.1, -0.05) is 6.42 Å². The molecule has 1 amide bonds. The van der Waals surface area contributed by atoms with E-state index in [2.05, 4.69) is 10.3 Å². The van der Waals surface area contributed by atoms with Gasteiger partial charge in [0.25, 0.3) is 0 Å². The van der Waals surface area contributed by atoms with E-state index in [4.69, 9.17) is 5.73 Å². The number of nitrogens with two attached hydrogens (primary N) is 1. The molecule has 7 heteroatoms. The highest BCUT2D eigenvalue weighted by Gasteiger charge is 2.31. The van der Waals surface area contributed by atoms with Crippen LogP contribution in [0.15, 0.2) is 0 Å². The van der Waals surface area contributed by atoms with Crippen LogP contribution in [0.4, 0.5) is 0 Å². The number of hydrogen-bond acceptors (Lipinski definition) is 4. The molecule has 2 atom stereocenters. The Morgan fingerprint density at radius 2 is 2.10 bits per heavy atom. The van der Waals surface area contributed by atoms with Crippen molar-refractivity contribution < 1.29 is 4.79 Å². The lowest BCUT2D eigenvalue weighted by molar-refractivity contribution is -0.126. The molecule has 0 saturated heterocycles. The fourth-order valence-corrected chi connectivity index (χ4v) is 3.58. The molecular formula is C13H23Cl2N3OS. The molecule has 0 aromatic carbocycles. The molecule has 0 aliphatic heterocycles. The number of carbonyl (C=O) groups excluding carboxylic acids is 1. The predicted molar refractivity (Wildman–Crippen MR) is 87.8 cm³/mol. The number of thiazole rings is 1. The Morgan fingerprint density at radius 3 is 2.65 bits per heavy atom. The van der Waals surface area contributed by atoms with Crippen molar-refractivity contribution in [3.63, 3.8) is 0 Å².